The number of unbranched alkanes of at least 4 members (excludes halogenated alkanes) is 15. The van der Waals surface area contributed by atoms with Gasteiger partial charge in [-0.3, -0.25) is 4.79 Å². The summed E-state index contributed by atoms with van der Waals surface area (Å²) in [5.41, 5.74) is 0. The van der Waals surface area contributed by atoms with Crippen LogP contribution >= 0.6 is 21.6 Å². The topological polar surface area (TPSA) is 74.6 Å². The minimum atomic E-state index is -1.15. The van der Waals surface area contributed by atoms with Crippen LogP contribution in [-0.2, 0) is 9.59 Å². The number of carboxylic acid groups (broad SMARTS) is 2. The van der Waals surface area contributed by atoms with E-state index in [1.807, 2.05) is 6.92 Å². The number of hydrogen-bond acceptors (Lipinski definition) is 4. The van der Waals surface area contributed by atoms with Crippen LogP contribution in [0.5, 0.6) is 0 Å². The van der Waals surface area contributed by atoms with Crippen LogP contribution in [0.15, 0.2) is 0 Å². The van der Waals surface area contributed by atoms with Gasteiger partial charge in [0.2, 0.25) is 0 Å². The van der Waals surface area contributed by atoms with Gasteiger partial charge in [-0.1, -0.05) is 138 Å². The first-order valence-corrected chi connectivity index (χ1v) is 14.4. The molecule has 1 fully saturated rings. The maximum atomic E-state index is 11.6. The van der Waals surface area contributed by atoms with E-state index in [1.165, 1.54) is 111 Å². The zero-order chi connectivity index (χ0) is 22.2. The Morgan fingerprint density at radius 2 is 1.07 bits per heavy atom. The molecule has 1 aliphatic rings. The molecule has 0 aromatic heterocycles. The summed E-state index contributed by atoms with van der Waals surface area (Å²) in [4.78, 5) is 23.1. The quantitative estimate of drug-likeness (QED) is 0.102. The summed E-state index contributed by atoms with van der Waals surface area (Å²) in [6.45, 7) is 4.16. The van der Waals surface area contributed by atoms with Gasteiger partial charge in [0.05, 0.1) is 5.92 Å². The third-order valence-electron chi connectivity index (χ3n) is 6.32. The van der Waals surface area contributed by atoms with Crippen molar-refractivity contribution < 1.29 is 19.8 Å². The highest BCUT2D eigenvalue weighted by Crippen LogP contribution is 2.70. The fourth-order valence-corrected chi connectivity index (χ4v) is 6.74. The van der Waals surface area contributed by atoms with E-state index in [9.17, 15) is 19.8 Å². The van der Waals surface area contributed by atoms with E-state index >= 15 is 0 Å². The van der Waals surface area contributed by atoms with E-state index < -0.39 is 21.9 Å². The highest BCUT2D eigenvalue weighted by molar-refractivity contribution is 8.94. The van der Waals surface area contributed by atoms with Gasteiger partial charge in [-0.15, -0.1) is 0 Å². The molecule has 1 rings (SSSR count). The molecule has 176 valence electrons. The number of rotatable bonds is 21. The lowest BCUT2D eigenvalue weighted by Crippen LogP contribution is -2.39. The number of aliphatic carboxylic acids is 2. The number of hydrogen-bond donors (Lipinski definition) is 2. The Bertz CT molecular complexity index is 480. The minimum Gasteiger partial charge on any atom is -0.481 e. The largest absolute Gasteiger partial charge is 0.481 e. The average molecular weight is 461 g/mol. The molecule has 1 heterocycles. The fraction of sp³-hybridized carbons (Fsp3) is 0.917. The first-order chi connectivity index (χ1) is 14.5. The molecule has 1 aliphatic heterocycles. The first kappa shape index (κ1) is 27.7. The van der Waals surface area contributed by atoms with Crippen molar-refractivity contribution >= 4 is 33.5 Å². The van der Waals surface area contributed by atoms with Crippen LogP contribution in [0.2, 0.25) is 0 Å². The molecule has 0 aromatic rings. The highest BCUT2D eigenvalue weighted by atomic mass is 33.2. The Hall–Kier alpha value is -0.360. The van der Waals surface area contributed by atoms with Gasteiger partial charge >= 0.3 is 11.9 Å². The predicted molar refractivity (Wildman–Crippen MR) is 130 cm³/mol. The van der Waals surface area contributed by atoms with Crippen LogP contribution in [0.25, 0.3) is 0 Å². The zero-order valence-electron chi connectivity index (χ0n) is 19.2. The summed E-state index contributed by atoms with van der Waals surface area (Å²) < 4.78 is -1.15. The average Bonchev–Trinajstić information content (AvgIpc) is 3.49. The summed E-state index contributed by atoms with van der Waals surface area (Å²) in [6.07, 6.45) is 21.9. The molecule has 4 nitrogen and oxygen atoms in total. The van der Waals surface area contributed by atoms with Crippen molar-refractivity contribution in [3.8, 4) is 0 Å². The second-order valence-corrected chi connectivity index (χ2v) is 11.9. The van der Waals surface area contributed by atoms with Gasteiger partial charge in [-0.2, -0.15) is 0 Å². The van der Waals surface area contributed by atoms with Crippen LogP contribution in [0.3, 0.4) is 0 Å². The predicted octanol–water partition coefficient (Wildman–Crippen LogP) is 8.15. The number of carboxylic acids is 2. The minimum absolute atomic E-state index is 0.104. The Morgan fingerprint density at radius 1 is 0.700 bits per heavy atom. The Kier molecular flexibility index (Phi) is 15.0. The lowest BCUT2D eigenvalue weighted by molar-refractivity contribution is -0.150. The van der Waals surface area contributed by atoms with Crippen molar-refractivity contribution in [3.05, 3.63) is 0 Å². The van der Waals surface area contributed by atoms with E-state index in [0.29, 0.717) is 0 Å². The zero-order valence-corrected chi connectivity index (χ0v) is 20.8. The standard InChI is InChI=1S/C24H44O4S2/c1-3-4-5-6-7-8-9-10-11-12-13-14-15-16-17-18-19-20(2)21(22(25)26)24(23(27)28)29-30-24/h20-21H,3-19H2,1-2H3,(H,25,26)(H,27,28). The Balaban J connectivity index is 1.94. The molecular formula is C24H44O4S2. The maximum Gasteiger partial charge on any atom is 0.332 e. The summed E-state index contributed by atoms with van der Waals surface area (Å²) in [5.74, 6) is -2.88. The third-order valence-corrected chi connectivity index (χ3v) is 9.28. The van der Waals surface area contributed by atoms with E-state index in [0.717, 1.165) is 19.3 Å². The molecule has 0 aromatic carbocycles. The smallest absolute Gasteiger partial charge is 0.332 e. The first-order valence-electron chi connectivity index (χ1n) is 12.3. The van der Waals surface area contributed by atoms with Crippen molar-refractivity contribution in [2.45, 2.75) is 127 Å². The molecule has 0 amide bonds. The van der Waals surface area contributed by atoms with Crippen molar-refractivity contribution in [3.63, 3.8) is 0 Å². The van der Waals surface area contributed by atoms with Crippen LogP contribution in [-0.4, -0.2) is 26.2 Å². The van der Waals surface area contributed by atoms with Gasteiger partial charge in [0.15, 0.2) is 4.08 Å². The van der Waals surface area contributed by atoms with Crippen molar-refractivity contribution in [1.29, 1.82) is 0 Å². The second-order valence-electron chi connectivity index (χ2n) is 9.02. The lowest BCUT2D eigenvalue weighted by Gasteiger charge is -2.23. The third kappa shape index (κ3) is 10.8. The summed E-state index contributed by atoms with van der Waals surface area (Å²) in [7, 11) is 2.38. The number of carbonyl (C=O) groups is 2. The Morgan fingerprint density at radius 3 is 1.37 bits per heavy atom. The lowest BCUT2D eigenvalue weighted by atomic mass is 9.86. The van der Waals surface area contributed by atoms with Gasteiger partial charge in [0, 0.05) is 0 Å². The van der Waals surface area contributed by atoms with E-state index in [-0.39, 0.29) is 5.92 Å². The van der Waals surface area contributed by atoms with Crippen LogP contribution in [0.1, 0.15) is 123 Å². The monoisotopic (exact) mass is 460 g/mol. The van der Waals surface area contributed by atoms with E-state index in [4.69, 9.17) is 0 Å². The maximum absolute atomic E-state index is 11.6. The molecule has 0 spiro atoms. The van der Waals surface area contributed by atoms with Gasteiger partial charge in [0.1, 0.15) is 0 Å². The van der Waals surface area contributed by atoms with Crippen LogP contribution < -0.4 is 0 Å². The molecule has 0 aliphatic carbocycles. The van der Waals surface area contributed by atoms with Crippen LogP contribution in [0.4, 0.5) is 0 Å². The molecule has 0 saturated carbocycles. The van der Waals surface area contributed by atoms with Gasteiger partial charge in [-0.25, -0.2) is 4.79 Å². The van der Waals surface area contributed by atoms with Crippen molar-refractivity contribution in [2.75, 3.05) is 0 Å². The SMILES string of the molecule is CCCCCCCCCCCCCCCCCCC(C)C(C(=O)O)C1(C(=O)O)SS1. The molecule has 2 unspecified atom stereocenters. The molecule has 0 bridgehead atoms. The summed E-state index contributed by atoms with van der Waals surface area (Å²) in [6, 6.07) is 0. The van der Waals surface area contributed by atoms with Crippen molar-refractivity contribution in [1.82, 2.24) is 0 Å². The normalized spacial score (nSPS) is 16.9. The molecule has 1 saturated heterocycles. The molecule has 30 heavy (non-hydrogen) atoms. The van der Waals surface area contributed by atoms with Gasteiger partial charge < -0.3 is 10.2 Å². The highest BCUT2D eigenvalue weighted by Gasteiger charge is 2.63. The van der Waals surface area contributed by atoms with Crippen LogP contribution in [0, 0.1) is 11.8 Å². The summed E-state index contributed by atoms with van der Waals surface area (Å²) >= 11 is 0. The van der Waals surface area contributed by atoms with E-state index in [2.05, 4.69) is 6.92 Å². The Labute approximate surface area is 192 Å². The molecule has 6 heteroatoms. The summed E-state index contributed by atoms with van der Waals surface area (Å²) in [5, 5.41) is 18.9. The van der Waals surface area contributed by atoms with Gasteiger partial charge in [0.25, 0.3) is 0 Å². The van der Waals surface area contributed by atoms with Crippen molar-refractivity contribution in [2.24, 2.45) is 11.8 Å². The second kappa shape index (κ2) is 16.3. The molecular weight excluding hydrogens is 416 g/mol. The van der Waals surface area contributed by atoms with E-state index in [1.54, 1.807) is 0 Å². The fourth-order valence-electron chi connectivity index (χ4n) is 4.31. The molecule has 2 N–H and O–H groups in total. The molecule has 2 atom stereocenters. The van der Waals surface area contributed by atoms with Gasteiger partial charge in [-0.05, 0) is 12.3 Å². The molecule has 0 radical (unpaired) electrons.